The maximum absolute atomic E-state index is 11.1. The Morgan fingerprint density at radius 2 is 2.29 bits per heavy atom. The Morgan fingerprint density at radius 1 is 1.43 bits per heavy atom. The fraction of sp³-hybridized carbons (Fsp3) is 0.273. The quantitative estimate of drug-likeness (QED) is 0.729. The average molecular weight is 189 g/mol. The van der Waals surface area contributed by atoms with Gasteiger partial charge in [-0.05, 0) is 23.6 Å². The van der Waals surface area contributed by atoms with Crippen LogP contribution in [-0.2, 0) is 22.4 Å². The minimum absolute atomic E-state index is 0.0486. The van der Waals surface area contributed by atoms with Crippen LogP contribution in [0.4, 0.5) is 5.69 Å². The van der Waals surface area contributed by atoms with E-state index in [-0.39, 0.29) is 5.91 Å². The highest BCUT2D eigenvalue weighted by Crippen LogP contribution is 2.24. The molecule has 0 fully saturated rings. The number of fused-ring (bicyclic) bond motifs is 1. The van der Waals surface area contributed by atoms with E-state index < -0.39 is 0 Å². The van der Waals surface area contributed by atoms with Gasteiger partial charge in [-0.2, -0.15) is 0 Å². The molecule has 1 heterocycles. The van der Waals surface area contributed by atoms with Crippen LogP contribution in [0.1, 0.15) is 17.5 Å². The minimum atomic E-state index is 0.0486. The minimum Gasteiger partial charge on any atom is -0.326 e. The lowest BCUT2D eigenvalue weighted by molar-refractivity contribution is -0.115. The summed E-state index contributed by atoms with van der Waals surface area (Å²) < 4.78 is 0. The maximum Gasteiger partial charge on any atom is 0.228 e. The van der Waals surface area contributed by atoms with Gasteiger partial charge >= 0.3 is 0 Å². The first-order valence-corrected chi connectivity index (χ1v) is 4.65. The molecule has 1 aromatic carbocycles. The number of benzene rings is 1. The summed E-state index contributed by atoms with van der Waals surface area (Å²) in [7, 11) is 0. The molecule has 0 saturated heterocycles. The van der Waals surface area contributed by atoms with E-state index in [0.29, 0.717) is 12.8 Å². The molecule has 1 aliphatic rings. The predicted molar refractivity (Wildman–Crippen MR) is 53.2 cm³/mol. The number of anilines is 1. The van der Waals surface area contributed by atoms with Gasteiger partial charge in [-0.15, -0.1) is 0 Å². The molecule has 0 bridgehead atoms. The first-order chi connectivity index (χ1) is 6.79. The van der Waals surface area contributed by atoms with E-state index in [4.69, 9.17) is 0 Å². The van der Waals surface area contributed by atoms with Crippen molar-refractivity contribution in [1.82, 2.24) is 0 Å². The first kappa shape index (κ1) is 8.94. The van der Waals surface area contributed by atoms with Gasteiger partial charge in [0.25, 0.3) is 0 Å². The molecule has 3 nitrogen and oxygen atoms in total. The Morgan fingerprint density at radius 3 is 3.07 bits per heavy atom. The molecule has 72 valence electrons. The van der Waals surface area contributed by atoms with Gasteiger partial charge in [0, 0.05) is 12.1 Å². The van der Waals surface area contributed by atoms with Gasteiger partial charge in [0.15, 0.2) is 0 Å². The lowest BCUT2D eigenvalue weighted by Crippen LogP contribution is -2.03. The molecular formula is C11H11NO2. The molecule has 1 amide bonds. The standard InChI is InChI=1S/C11H11NO2/c13-5-1-2-8-3-4-9-7-11(14)12-10(9)6-8/h3-6H,1-2,7H2,(H,12,14). The lowest BCUT2D eigenvalue weighted by atomic mass is 10.1. The van der Waals surface area contributed by atoms with E-state index in [1.807, 2.05) is 18.2 Å². The number of hydrogen-bond acceptors (Lipinski definition) is 2. The summed E-state index contributed by atoms with van der Waals surface area (Å²) in [6.07, 6.45) is 2.66. The van der Waals surface area contributed by atoms with Crippen LogP contribution in [0.5, 0.6) is 0 Å². The number of rotatable bonds is 3. The molecule has 0 saturated carbocycles. The van der Waals surface area contributed by atoms with Crippen molar-refractivity contribution in [2.24, 2.45) is 0 Å². The maximum atomic E-state index is 11.1. The van der Waals surface area contributed by atoms with Crippen LogP contribution < -0.4 is 5.32 Å². The molecule has 0 aromatic heterocycles. The van der Waals surface area contributed by atoms with Gasteiger partial charge in [0.2, 0.25) is 5.91 Å². The fourth-order valence-electron chi connectivity index (χ4n) is 1.64. The highest BCUT2D eigenvalue weighted by Gasteiger charge is 2.16. The molecule has 0 aliphatic carbocycles. The van der Waals surface area contributed by atoms with Gasteiger partial charge in [0.1, 0.15) is 6.29 Å². The van der Waals surface area contributed by atoms with Crippen LogP contribution in [0, 0.1) is 0 Å². The zero-order chi connectivity index (χ0) is 9.97. The molecular weight excluding hydrogens is 178 g/mol. The fourth-order valence-corrected chi connectivity index (χ4v) is 1.64. The van der Waals surface area contributed by atoms with Gasteiger partial charge in [-0.1, -0.05) is 12.1 Å². The second-order valence-electron chi connectivity index (χ2n) is 3.42. The summed E-state index contributed by atoms with van der Waals surface area (Å²) in [5.41, 5.74) is 3.04. The van der Waals surface area contributed by atoms with Gasteiger partial charge in [0.05, 0.1) is 6.42 Å². The van der Waals surface area contributed by atoms with E-state index in [2.05, 4.69) is 5.32 Å². The molecule has 3 heteroatoms. The number of aryl methyl sites for hydroxylation is 1. The third kappa shape index (κ3) is 1.66. The van der Waals surface area contributed by atoms with Crippen molar-refractivity contribution in [3.63, 3.8) is 0 Å². The molecule has 2 rings (SSSR count). The highest BCUT2D eigenvalue weighted by molar-refractivity contribution is 5.99. The highest BCUT2D eigenvalue weighted by atomic mass is 16.1. The molecule has 0 unspecified atom stereocenters. The van der Waals surface area contributed by atoms with Gasteiger partial charge < -0.3 is 10.1 Å². The van der Waals surface area contributed by atoms with Crippen molar-refractivity contribution in [3.05, 3.63) is 29.3 Å². The normalized spacial score (nSPS) is 13.6. The molecule has 1 aromatic rings. The van der Waals surface area contributed by atoms with E-state index >= 15 is 0 Å². The van der Waals surface area contributed by atoms with Gasteiger partial charge in [-0.3, -0.25) is 4.79 Å². The van der Waals surface area contributed by atoms with E-state index in [9.17, 15) is 9.59 Å². The predicted octanol–water partition coefficient (Wildman–Crippen LogP) is 1.31. The molecule has 1 aliphatic heterocycles. The average Bonchev–Trinajstić information content (AvgIpc) is 2.54. The zero-order valence-electron chi connectivity index (χ0n) is 7.75. The molecule has 0 radical (unpaired) electrons. The number of carbonyl (C=O) groups excluding carboxylic acids is 2. The number of aldehydes is 1. The Kier molecular flexibility index (Phi) is 2.31. The SMILES string of the molecule is O=CCCc1ccc2c(c1)NC(=O)C2. The molecule has 0 atom stereocenters. The van der Waals surface area contributed by atoms with Crippen molar-refractivity contribution >= 4 is 17.9 Å². The smallest absolute Gasteiger partial charge is 0.228 e. The van der Waals surface area contributed by atoms with Crippen LogP contribution in [0.2, 0.25) is 0 Å². The molecule has 1 N–H and O–H groups in total. The van der Waals surface area contributed by atoms with Crippen LogP contribution in [0.25, 0.3) is 0 Å². The van der Waals surface area contributed by atoms with Crippen molar-refractivity contribution < 1.29 is 9.59 Å². The Labute approximate surface area is 82.1 Å². The summed E-state index contributed by atoms with van der Waals surface area (Å²) in [6.45, 7) is 0. The van der Waals surface area contributed by atoms with Crippen LogP contribution in [0.3, 0.4) is 0 Å². The summed E-state index contributed by atoms with van der Waals surface area (Å²) in [5.74, 6) is 0.0486. The number of carbonyl (C=O) groups is 2. The van der Waals surface area contributed by atoms with E-state index in [1.54, 1.807) is 0 Å². The second-order valence-corrected chi connectivity index (χ2v) is 3.42. The van der Waals surface area contributed by atoms with E-state index in [0.717, 1.165) is 29.5 Å². The van der Waals surface area contributed by atoms with Gasteiger partial charge in [-0.25, -0.2) is 0 Å². The summed E-state index contributed by atoms with van der Waals surface area (Å²) in [6, 6.07) is 5.87. The molecule has 14 heavy (non-hydrogen) atoms. The van der Waals surface area contributed by atoms with Crippen LogP contribution in [0.15, 0.2) is 18.2 Å². The third-order valence-corrected chi connectivity index (χ3v) is 2.35. The topological polar surface area (TPSA) is 46.2 Å². The summed E-state index contributed by atoms with van der Waals surface area (Å²) in [4.78, 5) is 21.3. The summed E-state index contributed by atoms with van der Waals surface area (Å²) in [5, 5.41) is 2.79. The van der Waals surface area contributed by atoms with Crippen molar-refractivity contribution in [2.75, 3.05) is 5.32 Å². The Balaban J connectivity index is 2.19. The number of nitrogens with one attached hydrogen (secondary N) is 1. The van der Waals surface area contributed by atoms with Crippen LogP contribution >= 0.6 is 0 Å². The Bertz CT molecular complexity index is 385. The molecule has 0 spiro atoms. The van der Waals surface area contributed by atoms with Crippen LogP contribution in [-0.4, -0.2) is 12.2 Å². The van der Waals surface area contributed by atoms with Crippen molar-refractivity contribution in [3.8, 4) is 0 Å². The van der Waals surface area contributed by atoms with E-state index in [1.165, 1.54) is 0 Å². The first-order valence-electron chi connectivity index (χ1n) is 4.65. The van der Waals surface area contributed by atoms with Crippen molar-refractivity contribution in [2.45, 2.75) is 19.3 Å². The Hall–Kier alpha value is -1.64. The number of hydrogen-bond donors (Lipinski definition) is 1. The summed E-state index contributed by atoms with van der Waals surface area (Å²) >= 11 is 0. The zero-order valence-corrected chi connectivity index (χ0v) is 7.75. The van der Waals surface area contributed by atoms with Crippen molar-refractivity contribution in [1.29, 1.82) is 0 Å². The second kappa shape index (κ2) is 3.62. The largest absolute Gasteiger partial charge is 0.326 e. The monoisotopic (exact) mass is 189 g/mol. The lowest BCUT2D eigenvalue weighted by Gasteiger charge is -2.01. The third-order valence-electron chi connectivity index (χ3n) is 2.35. The number of amides is 1.